The van der Waals surface area contributed by atoms with Crippen molar-refractivity contribution in [3.8, 4) is 12.3 Å². The van der Waals surface area contributed by atoms with Crippen molar-refractivity contribution in [1.82, 2.24) is 18.8 Å². The van der Waals surface area contributed by atoms with Gasteiger partial charge >= 0.3 is 0 Å². The van der Waals surface area contributed by atoms with Gasteiger partial charge in [0.25, 0.3) is 5.56 Å². The van der Waals surface area contributed by atoms with Gasteiger partial charge in [0.2, 0.25) is 16.0 Å². The molecule has 1 saturated heterocycles. The average Bonchev–Trinajstić information content (AvgIpc) is 3.59. The van der Waals surface area contributed by atoms with Gasteiger partial charge in [-0.05, 0) is 57.9 Å². The second kappa shape index (κ2) is 8.08. The second-order valence-corrected chi connectivity index (χ2v) is 11.9. The molecule has 5 rings (SSSR count). The maximum Gasteiger partial charge on any atom is 0.268 e. The van der Waals surface area contributed by atoms with Gasteiger partial charge < -0.3 is 10.4 Å². The number of aliphatic hydroxyl groups is 1. The molecule has 2 aromatic rings. The summed E-state index contributed by atoms with van der Waals surface area (Å²) in [5, 5.41) is 14.7. The molecule has 0 aromatic carbocycles. The summed E-state index contributed by atoms with van der Waals surface area (Å²) >= 11 is 0. The number of piperidine rings is 1. The first-order valence-electron chi connectivity index (χ1n) is 11.6. The summed E-state index contributed by atoms with van der Waals surface area (Å²) < 4.78 is 28.1. The Morgan fingerprint density at radius 2 is 1.97 bits per heavy atom. The Labute approximate surface area is 193 Å². The first-order chi connectivity index (χ1) is 15.7. The van der Waals surface area contributed by atoms with Crippen LogP contribution in [0.1, 0.15) is 63.5 Å². The molecule has 176 valence electrons. The van der Waals surface area contributed by atoms with Crippen molar-refractivity contribution >= 4 is 27.0 Å². The summed E-state index contributed by atoms with van der Waals surface area (Å²) in [6, 6.07) is 1.23. The molecule has 33 heavy (non-hydrogen) atoms. The highest BCUT2D eigenvalue weighted by atomic mass is 32.2. The van der Waals surface area contributed by atoms with Gasteiger partial charge in [0.15, 0.2) is 0 Å². The lowest BCUT2D eigenvalue weighted by Gasteiger charge is -2.32. The molecule has 0 radical (unpaired) electrons. The largest absolute Gasteiger partial charge is 0.388 e. The molecular weight excluding hydrogens is 442 g/mol. The van der Waals surface area contributed by atoms with Crippen LogP contribution in [-0.4, -0.2) is 62.3 Å². The van der Waals surface area contributed by atoms with Crippen molar-refractivity contribution in [2.75, 3.05) is 18.4 Å². The Kier molecular flexibility index (Phi) is 5.46. The Bertz CT molecular complexity index is 1280. The quantitative estimate of drug-likeness (QED) is 0.636. The van der Waals surface area contributed by atoms with E-state index in [4.69, 9.17) is 6.42 Å². The normalized spacial score (nSPS) is 27.0. The van der Waals surface area contributed by atoms with Crippen LogP contribution < -0.4 is 10.9 Å². The third-order valence-electron chi connectivity index (χ3n) is 7.21. The predicted octanol–water partition coefficient (Wildman–Crippen LogP) is 1.62. The van der Waals surface area contributed by atoms with Crippen molar-refractivity contribution in [2.45, 2.75) is 74.8 Å². The molecule has 0 unspecified atom stereocenters. The van der Waals surface area contributed by atoms with E-state index in [1.807, 2.05) is 0 Å². The van der Waals surface area contributed by atoms with E-state index >= 15 is 0 Å². The Balaban J connectivity index is 1.42. The second-order valence-electron chi connectivity index (χ2n) is 9.68. The third kappa shape index (κ3) is 4.03. The van der Waals surface area contributed by atoms with Crippen LogP contribution in [-0.2, 0) is 10.0 Å². The Morgan fingerprint density at radius 1 is 1.24 bits per heavy atom. The summed E-state index contributed by atoms with van der Waals surface area (Å²) in [5.41, 5.74) is -0.695. The lowest BCUT2D eigenvalue weighted by molar-refractivity contribution is 0.0266. The van der Waals surface area contributed by atoms with Crippen LogP contribution in [0.3, 0.4) is 0 Å². The van der Waals surface area contributed by atoms with E-state index in [0.29, 0.717) is 55.8 Å². The zero-order chi connectivity index (χ0) is 23.4. The van der Waals surface area contributed by atoms with Crippen LogP contribution in [0, 0.1) is 12.3 Å². The van der Waals surface area contributed by atoms with Gasteiger partial charge in [-0.25, -0.2) is 17.7 Å². The molecule has 0 spiro atoms. The number of rotatable bonds is 5. The zero-order valence-electron chi connectivity index (χ0n) is 18.7. The van der Waals surface area contributed by atoms with Gasteiger partial charge in [-0.15, -0.1) is 6.42 Å². The van der Waals surface area contributed by atoms with E-state index in [9.17, 15) is 18.3 Å². The SMILES string of the molecule is C#Cc1cc2cnc(NC3CCN(S(=O)(=O)C4CC4)CC3)nc2n([C@@H]2CCC[C@@]2(C)O)c1=O. The fraction of sp³-hybridized carbons (Fsp3) is 0.609. The van der Waals surface area contributed by atoms with Crippen molar-refractivity contribution in [3.63, 3.8) is 0 Å². The Hall–Kier alpha value is -2.48. The fourth-order valence-electron chi connectivity index (χ4n) is 5.13. The summed E-state index contributed by atoms with van der Waals surface area (Å²) in [5.74, 6) is 2.83. The van der Waals surface area contributed by atoms with Crippen LogP contribution in [0.5, 0.6) is 0 Å². The van der Waals surface area contributed by atoms with Crippen LogP contribution in [0.4, 0.5) is 5.95 Å². The van der Waals surface area contributed by atoms with E-state index < -0.39 is 21.7 Å². The lowest BCUT2D eigenvalue weighted by atomic mass is 9.99. The molecule has 2 atom stereocenters. The van der Waals surface area contributed by atoms with E-state index in [1.54, 1.807) is 23.5 Å². The van der Waals surface area contributed by atoms with Crippen LogP contribution in [0.25, 0.3) is 11.0 Å². The topological polar surface area (TPSA) is 117 Å². The summed E-state index contributed by atoms with van der Waals surface area (Å²) in [7, 11) is -3.16. The van der Waals surface area contributed by atoms with Gasteiger partial charge in [0, 0.05) is 30.7 Å². The number of hydrogen-bond donors (Lipinski definition) is 2. The van der Waals surface area contributed by atoms with Crippen LogP contribution in [0.2, 0.25) is 0 Å². The molecule has 3 aliphatic rings. The molecule has 2 aromatic heterocycles. The fourth-order valence-corrected chi connectivity index (χ4v) is 7.01. The molecule has 3 fully saturated rings. The lowest BCUT2D eigenvalue weighted by Crippen LogP contribution is -2.43. The summed E-state index contributed by atoms with van der Waals surface area (Å²) in [4.78, 5) is 22.2. The van der Waals surface area contributed by atoms with E-state index in [2.05, 4.69) is 21.2 Å². The molecule has 9 nitrogen and oxygen atoms in total. The van der Waals surface area contributed by atoms with Gasteiger partial charge in [-0.1, -0.05) is 5.92 Å². The number of anilines is 1. The standard InChI is InChI=1S/C23H29N5O4S/c1-3-15-13-16-14-24-22(25-17-8-11-27(12-9-17)33(31,32)18-6-7-18)26-20(16)28(21(15)29)19-5-4-10-23(19,2)30/h1,13-14,17-19,30H,4-12H2,2H3,(H,24,25,26)/t19-,23-/m1/s1. The van der Waals surface area contributed by atoms with Crippen molar-refractivity contribution in [2.24, 2.45) is 0 Å². The average molecular weight is 472 g/mol. The van der Waals surface area contributed by atoms with Crippen LogP contribution >= 0.6 is 0 Å². The highest BCUT2D eigenvalue weighted by Crippen LogP contribution is 2.39. The number of pyridine rings is 1. The zero-order valence-corrected chi connectivity index (χ0v) is 19.5. The van der Waals surface area contributed by atoms with E-state index in [1.165, 1.54) is 4.57 Å². The minimum atomic E-state index is -3.16. The van der Waals surface area contributed by atoms with Crippen molar-refractivity contribution in [3.05, 3.63) is 28.2 Å². The van der Waals surface area contributed by atoms with Crippen molar-refractivity contribution in [1.29, 1.82) is 0 Å². The molecule has 0 amide bonds. The number of terminal acetylenes is 1. The maximum atomic E-state index is 13.1. The molecular formula is C23H29N5O4S. The summed E-state index contributed by atoms with van der Waals surface area (Å²) in [6.45, 7) is 2.70. The van der Waals surface area contributed by atoms with Crippen LogP contribution in [0.15, 0.2) is 17.1 Å². The Morgan fingerprint density at radius 3 is 2.58 bits per heavy atom. The molecule has 1 aliphatic heterocycles. The van der Waals surface area contributed by atoms with E-state index in [0.717, 1.165) is 19.3 Å². The molecule has 2 saturated carbocycles. The maximum absolute atomic E-state index is 13.1. The number of fused-ring (bicyclic) bond motifs is 1. The third-order valence-corrected chi connectivity index (χ3v) is 9.61. The number of nitrogens with one attached hydrogen (secondary N) is 1. The van der Waals surface area contributed by atoms with Gasteiger partial charge in [-0.2, -0.15) is 4.98 Å². The van der Waals surface area contributed by atoms with Crippen molar-refractivity contribution < 1.29 is 13.5 Å². The highest BCUT2D eigenvalue weighted by molar-refractivity contribution is 7.90. The number of sulfonamides is 1. The predicted molar refractivity (Wildman–Crippen MR) is 125 cm³/mol. The van der Waals surface area contributed by atoms with Gasteiger partial charge in [0.05, 0.1) is 22.5 Å². The first kappa shape index (κ1) is 22.3. The number of nitrogens with zero attached hydrogens (tertiary/aromatic N) is 4. The number of hydrogen-bond acceptors (Lipinski definition) is 7. The molecule has 10 heteroatoms. The smallest absolute Gasteiger partial charge is 0.268 e. The summed E-state index contributed by atoms with van der Waals surface area (Å²) in [6.07, 6.45) is 12.1. The molecule has 2 N–H and O–H groups in total. The molecule has 2 aliphatic carbocycles. The first-order valence-corrected chi connectivity index (χ1v) is 13.1. The van der Waals surface area contributed by atoms with E-state index in [-0.39, 0.29) is 22.4 Å². The molecule has 0 bridgehead atoms. The minimum Gasteiger partial charge on any atom is -0.388 e. The number of aromatic nitrogens is 3. The highest BCUT2D eigenvalue weighted by Gasteiger charge is 2.41. The molecule has 3 heterocycles. The monoisotopic (exact) mass is 471 g/mol. The van der Waals surface area contributed by atoms with Gasteiger partial charge in [0.1, 0.15) is 5.65 Å². The minimum absolute atomic E-state index is 0.0350. The van der Waals surface area contributed by atoms with Gasteiger partial charge in [-0.3, -0.25) is 9.36 Å².